The van der Waals surface area contributed by atoms with E-state index in [1.807, 2.05) is 20.1 Å². The molecular formula is C12H24N4O2S2. The summed E-state index contributed by atoms with van der Waals surface area (Å²) in [5.41, 5.74) is 1.49. The lowest BCUT2D eigenvalue weighted by Crippen LogP contribution is -2.36. The van der Waals surface area contributed by atoms with Gasteiger partial charge in [0.1, 0.15) is 0 Å². The number of H-pyrrole nitrogens is 1. The molecule has 1 heterocycles. The van der Waals surface area contributed by atoms with Crippen LogP contribution in [0.4, 0.5) is 0 Å². The molecule has 1 unspecified atom stereocenters. The van der Waals surface area contributed by atoms with Crippen molar-refractivity contribution >= 4 is 21.8 Å². The zero-order chi connectivity index (χ0) is 15.3. The van der Waals surface area contributed by atoms with Gasteiger partial charge in [-0.1, -0.05) is 0 Å². The molecule has 0 amide bonds. The predicted molar refractivity (Wildman–Crippen MR) is 83.5 cm³/mol. The minimum absolute atomic E-state index is 0.0492. The maximum atomic E-state index is 12.7. The van der Waals surface area contributed by atoms with Crippen LogP contribution in [0.25, 0.3) is 0 Å². The number of aromatic nitrogens is 2. The molecule has 1 aromatic heterocycles. The molecule has 0 saturated heterocycles. The monoisotopic (exact) mass is 320 g/mol. The number of rotatable bonds is 8. The maximum Gasteiger partial charge on any atom is 0.262 e. The van der Waals surface area contributed by atoms with Crippen molar-refractivity contribution in [3.63, 3.8) is 0 Å². The van der Waals surface area contributed by atoms with Crippen molar-refractivity contribution in [3.05, 3.63) is 11.3 Å². The van der Waals surface area contributed by atoms with Gasteiger partial charge >= 0.3 is 0 Å². The topological polar surface area (TPSA) is 78.1 Å². The second kappa shape index (κ2) is 7.44. The average Bonchev–Trinajstić information content (AvgIpc) is 2.77. The normalized spacial score (nSPS) is 13.9. The Hall–Kier alpha value is -0.570. The molecule has 0 spiro atoms. The van der Waals surface area contributed by atoms with E-state index in [1.165, 1.54) is 4.31 Å². The number of thioether (sulfide) groups is 1. The van der Waals surface area contributed by atoms with Crippen molar-refractivity contribution in [2.75, 3.05) is 26.1 Å². The third-order valence-corrected chi connectivity index (χ3v) is 5.96. The van der Waals surface area contributed by atoms with E-state index >= 15 is 0 Å². The Morgan fingerprint density at radius 2 is 2.15 bits per heavy atom. The number of sulfonamides is 1. The van der Waals surface area contributed by atoms with Crippen LogP contribution in [0.15, 0.2) is 5.03 Å². The van der Waals surface area contributed by atoms with E-state index in [2.05, 4.69) is 15.5 Å². The molecular weight excluding hydrogens is 296 g/mol. The second-order valence-electron chi connectivity index (χ2n) is 4.81. The van der Waals surface area contributed by atoms with Gasteiger partial charge in [-0.2, -0.15) is 21.2 Å². The van der Waals surface area contributed by atoms with Crippen LogP contribution in [0.3, 0.4) is 0 Å². The molecule has 2 N–H and O–H groups in total. The lowest BCUT2D eigenvalue weighted by molar-refractivity contribution is 0.380. The van der Waals surface area contributed by atoms with E-state index < -0.39 is 10.0 Å². The zero-order valence-electron chi connectivity index (χ0n) is 12.7. The molecule has 0 saturated carbocycles. The first-order valence-electron chi connectivity index (χ1n) is 6.51. The molecule has 0 radical (unpaired) electrons. The summed E-state index contributed by atoms with van der Waals surface area (Å²) in [6, 6.07) is -0.0492. The van der Waals surface area contributed by atoms with Gasteiger partial charge in [0.2, 0.25) is 0 Å². The number of nitrogens with one attached hydrogen (secondary N) is 2. The van der Waals surface area contributed by atoms with Crippen molar-refractivity contribution in [2.24, 2.45) is 0 Å². The number of hydrogen-bond acceptors (Lipinski definition) is 5. The quantitative estimate of drug-likeness (QED) is 0.752. The fourth-order valence-corrected chi connectivity index (χ4v) is 4.00. The molecule has 1 aromatic rings. The first-order valence-corrected chi connectivity index (χ1v) is 9.35. The molecule has 6 nitrogen and oxygen atoms in total. The Balaban J connectivity index is 3.04. The molecule has 0 bridgehead atoms. The summed E-state index contributed by atoms with van der Waals surface area (Å²) in [4.78, 5) is 0. The first-order chi connectivity index (χ1) is 9.36. The van der Waals surface area contributed by atoms with Gasteiger partial charge in [0.25, 0.3) is 10.0 Å². The first kappa shape index (κ1) is 17.5. The average molecular weight is 320 g/mol. The van der Waals surface area contributed by atoms with Crippen LogP contribution in [0.5, 0.6) is 0 Å². The highest BCUT2D eigenvalue weighted by Gasteiger charge is 2.30. The zero-order valence-corrected chi connectivity index (χ0v) is 14.4. The van der Waals surface area contributed by atoms with Gasteiger partial charge < -0.3 is 5.32 Å². The van der Waals surface area contributed by atoms with Gasteiger partial charge in [-0.05, 0) is 39.3 Å². The predicted octanol–water partition coefficient (Wildman–Crippen LogP) is 1.20. The van der Waals surface area contributed by atoms with Crippen LogP contribution < -0.4 is 5.32 Å². The van der Waals surface area contributed by atoms with Crippen LogP contribution >= 0.6 is 11.8 Å². The van der Waals surface area contributed by atoms with E-state index in [1.54, 1.807) is 25.9 Å². The summed E-state index contributed by atoms with van der Waals surface area (Å²) in [5.74, 6) is 0.935. The number of hydrogen-bond donors (Lipinski definition) is 2. The molecule has 0 fully saturated rings. The van der Waals surface area contributed by atoms with Crippen LogP contribution in [-0.2, 0) is 16.6 Å². The Morgan fingerprint density at radius 3 is 2.70 bits per heavy atom. The standard InChI is InChI=1S/C12H24N4O2S2/c1-9(6-7-19-5)16(4)20(17,18)12-11(8-13-3)10(2)14-15-12/h9,13H,6-8H2,1-5H3,(H,14,15). The third-order valence-electron chi connectivity index (χ3n) is 3.37. The highest BCUT2D eigenvalue weighted by atomic mass is 32.2. The highest BCUT2D eigenvalue weighted by Crippen LogP contribution is 2.22. The van der Waals surface area contributed by atoms with Crippen LogP contribution in [-0.4, -0.2) is 55.1 Å². The van der Waals surface area contributed by atoms with Crippen molar-refractivity contribution in [1.29, 1.82) is 0 Å². The Morgan fingerprint density at radius 1 is 1.50 bits per heavy atom. The SMILES string of the molecule is CNCc1c(S(=O)(=O)N(C)C(C)CCSC)n[nH]c1C. The molecule has 1 rings (SSSR count). The van der Waals surface area contributed by atoms with Gasteiger partial charge in [0.15, 0.2) is 5.03 Å². The molecule has 0 aliphatic rings. The van der Waals surface area contributed by atoms with Crippen LogP contribution in [0.1, 0.15) is 24.6 Å². The number of aromatic amines is 1. The minimum Gasteiger partial charge on any atom is -0.316 e. The minimum atomic E-state index is -3.56. The van der Waals surface area contributed by atoms with E-state index in [-0.39, 0.29) is 11.1 Å². The largest absolute Gasteiger partial charge is 0.316 e. The molecule has 0 aliphatic carbocycles. The molecule has 0 aromatic carbocycles. The van der Waals surface area contributed by atoms with E-state index in [0.717, 1.165) is 17.9 Å². The smallest absolute Gasteiger partial charge is 0.262 e. The summed E-state index contributed by atoms with van der Waals surface area (Å²) < 4.78 is 26.7. The fourth-order valence-electron chi connectivity index (χ4n) is 1.87. The van der Waals surface area contributed by atoms with Crippen LogP contribution in [0.2, 0.25) is 0 Å². The molecule has 8 heteroatoms. The third kappa shape index (κ3) is 3.75. The molecule has 1 atom stereocenters. The van der Waals surface area contributed by atoms with Crippen molar-refractivity contribution in [1.82, 2.24) is 19.8 Å². The van der Waals surface area contributed by atoms with Crippen molar-refractivity contribution in [3.8, 4) is 0 Å². The van der Waals surface area contributed by atoms with Crippen LogP contribution in [0, 0.1) is 6.92 Å². The Labute approximate surface area is 125 Å². The van der Waals surface area contributed by atoms with Gasteiger partial charge in [-0.25, -0.2) is 8.42 Å². The summed E-state index contributed by atoms with van der Waals surface area (Å²) in [7, 11) is -0.155. The lowest BCUT2D eigenvalue weighted by Gasteiger charge is -2.23. The fraction of sp³-hybridized carbons (Fsp3) is 0.750. The Kier molecular flexibility index (Phi) is 6.50. The van der Waals surface area contributed by atoms with Gasteiger partial charge in [-0.15, -0.1) is 0 Å². The van der Waals surface area contributed by atoms with Crippen molar-refractivity contribution in [2.45, 2.75) is 37.9 Å². The molecule has 116 valence electrons. The van der Waals surface area contributed by atoms with Crippen molar-refractivity contribution < 1.29 is 8.42 Å². The van der Waals surface area contributed by atoms with Gasteiger partial charge in [0.05, 0.1) is 0 Å². The summed E-state index contributed by atoms with van der Waals surface area (Å²) in [6.07, 6.45) is 2.84. The van der Waals surface area contributed by atoms with E-state index in [4.69, 9.17) is 0 Å². The molecule has 20 heavy (non-hydrogen) atoms. The van der Waals surface area contributed by atoms with E-state index in [0.29, 0.717) is 12.1 Å². The molecule has 0 aliphatic heterocycles. The highest BCUT2D eigenvalue weighted by molar-refractivity contribution is 7.98. The number of aryl methyl sites for hydroxylation is 1. The van der Waals surface area contributed by atoms with Gasteiger partial charge in [-0.3, -0.25) is 5.10 Å². The van der Waals surface area contributed by atoms with E-state index in [9.17, 15) is 8.42 Å². The summed E-state index contributed by atoms with van der Waals surface area (Å²) in [6.45, 7) is 4.23. The number of nitrogens with zero attached hydrogens (tertiary/aromatic N) is 2. The lowest BCUT2D eigenvalue weighted by atomic mass is 10.3. The Bertz CT molecular complexity index is 528. The summed E-state index contributed by atoms with van der Waals surface area (Å²) in [5, 5.41) is 9.86. The van der Waals surface area contributed by atoms with Gasteiger partial charge in [0, 0.05) is 30.9 Å². The second-order valence-corrected chi connectivity index (χ2v) is 7.71. The summed E-state index contributed by atoms with van der Waals surface area (Å²) >= 11 is 1.72. The maximum absolute atomic E-state index is 12.7.